The Labute approximate surface area is 140 Å². The number of H-pyrrole nitrogens is 1. The van der Waals surface area contributed by atoms with Crippen molar-refractivity contribution in [1.29, 1.82) is 0 Å². The van der Waals surface area contributed by atoms with Crippen LogP contribution in [-0.4, -0.2) is 16.7 Å². The van der Waals surface area contributed by atoms with Gasteiger partial charge in [-0.15, -0.1) is 5.10 Å². The van der Waals surface area contributed by atoms with Crippen molar-refractivity contribution in [3.63, 3.8) is 0 Å². The van der Waals surface area contributed by atoms with Gasteiger partial charge in [0.15, 0.2) is 0 Å². The van der Waals surface area contributed by atoms with Crippen LogP contribution in [0.2, 0.25) is 0 Å². The Morgan fingerprint density at radius 1 is 0.958 bits per heavy atom. The van der Waals surface area contributed by atoms with Gasteiger partial charge in [0.2, 0.25) is 6.33 Å². The van der Waals surface area contributed by atoms with Gasteiger partial charge in [0, 0.05) is 28.7 Å². The number of anilines is 3. The normalized spacial score (nSPS) is 10.9. The number of aromatic nitrogens is 3. The molecular formula is C17H20N7+. The summed E-state index contributed by atoms with van der Waals surface area (Å²) < 4.78 is 1.76. The second-order valence-electron chi connectivity index (χ2n) is 5.27. The van der Waals surface area contributed by atoms with Crippen molar-refractivity contribution in [1.82, 2.24) is 10.2 Å². The van der Waals surface area contributed by atoms with Gasteiger partial charge in [-0.25, -0.2) is 4.57 Å². The van der Waals surface area contributed by atoms with Gasteiger partial charge >= 0.3 is 5.95 Å². The number of aromatic amines is 1. The quantitative estimate of drug-likeness (QED) is 0.476. The third kappa shape index (κ3) is 3.95. The van der Waals surface area contributed by atoms with Crippen LogP contribution in [0.5, 0.6) is 0 Å². The molecule has 0 bridgehead atoms. The van der Waals surface area contributed by atoms with E-state index in [2.05, 4.69) is 50.1 Å². The first-order valence-corrected chi connectivity index (χ1v) is 7.76. The minimum absolute atomic E-state index is 0.595. The van der Waals surface area contributed by atoms with E-state index in [-0.39, 0.29) is 0 Å². The van der Waals surface area contributed by atoms with E-state index in [1.165, 1.54) is 0 Å². The van der Waals surface area contributed by atoms with Crippen LogP contribution in [0.15, 0.2) is 65.1 Å². The summed E-state index contributed by atoms with van der Waals surface area (Å²) >= 11 is 0. The van der Waals surface area contributed by atoms with E-state index in [0.29, 0.717) is 5.95 Å². The number of benzene rings is 2. The van der Waals surface area contributed by atoms with E-state index in [0.717, 1.165) is 29.3 Å². The number of rotatable bonds is 6. The number of hydrogen-bond acceptors (Lipinski definition) is 5. The molecule has 0 spiro atoms. The van der Waals surface area contributed by atoms with Crippen LogP contribution < -0.4 is 15.2 Å². The van der Waals surface area contributed by atoms with Crippen molar-refractivity contribution in [2.45, 2.75) is 6.92 Å². The molecule has 0 atom stereocenters. The minimum Gasteiger partial charge on any atom is -0.385 e. The highest BCUT2D eigenvalue weighted by atomic mass is 15.3. The van der Waals surface area contributed by atoms with Gasteiger partial charge in [-0.3, -0.25) is 0 Å². The van der Waals surface area contributed by atoms with Crippen LogP contribution in [0.25, 0.3) is 0 Å². The highest BCUT2D eigenvalue weighted by Crippen LogP contribution is 2.22. The lowest BCUT2D eigenvalue weighted by atomic mass is 10.2. The fourth-order valence-corrected chi connectivity index (χ4v) is 2.16. The van der Waals surface area contributed by atoms with Crippen molar-refractivity contribution < 1.29 is 4.57 Å². The second-order valence-corrected chi connectivity index (χ2v) is 5.27. The lowest BCUT2D eigenvalue weighted by Gasteiger charge is -2.08. The minimum atomic E-state index is 0.595. The summed E-state index contributed by atoms with van der Waals surface area (Å²) in [7, 11) is 1.85. The molecule has 0 aliphatic rings. The molecule has 1 aromatic heterocycles. The smallest absolute Gasteiger partial charge is 0.385 e. The SMILES string of the molecule is CCNc1ccc(Nc2ccc(N=Nc3[nH]nc[n+]3C)cc2)cc1. The fraction of sp³-hybridized carbons (Fsp3) is 0.176. The molecule has 3 rings (SSSR count). The van der Waals surface area contributed by atoms with E-state index in [4.69, 9.17) is 0 Å². The average molecular weight is 322 g/mol. The Hall–Kier alpha value is -3.22. The molecule has 7 nitrogen and oxygen atoms in total. The van der Waals surface area contributed by atoms with Crippen LogP contribution in [-0.2, 0) is 7.05 Å². The van der Waals surface area contributed by atoms with Gasteiger partial charge < -0.3 is 10.6 Å². The molecule has 0 amide bonds. The Kier molecular flexibility index (Phi) is 4.81. The standard InChI is InChI=1S/C17H19N7/c1-3-18-13-4-6-14(7-5-13)20-15-8-10-16(11-9-15)21-23-17-22-19-12-24(17)2/h4-12H,3H2,1-2H3,(H2,18,20,21,22,23)/p+1. The van der Waals surface area contributed by atoms with E-state index >= 15 is 0 Å². The first-order valence-electron chi connectivity index (χ1n) is 7.76. The highest BCUT2D eigenvalue weighted by molar-refractivity contribution is 5.63. The molecule has 0 aliphatic carbocycles. The van der Waals surface area contributed by atoms with Crippen molar-refractivity contribution in [3.8, 4) is 0 Å². The van der Waals surface area contributed by atoms with E-state index in [1.54, 1.807) is 10.9 Å². The summed E-state index contributed by atoms with van der Waals surface area (Å²) in [6, 6.07) is 16.0. The number of hydrogen-bond donors (Lipinski definition) is 3. The third-order valence-corrected chi connectivity index (χ3v) is 3.41. The number of aryl methyl sites for hydroxylation is 1. The molecule has 122 valence electrons. The monoisotopic (exact) mass is 322 g/mol. The zero-order valence-electron chi connectivity index (χ0n) is 13.7. The summed E-state index contributed by atoms with van der Waals surface area (Å²) in [6.07, 6.45) is 1.64. The van der Waals surface area contributed by atoms with Crippen LogP contribution >= 0.6 is 0 Å². The first-order chi connectivity index (χ1) is 11.7. The molecule has 0 aliphatic heterocycles. The molecule has 3 N–H and O–H groups in total. The maximum atomic E-state index is 4.19. The molecule has 1 heterocycles. The van der Waals surface area contributed by atoms with E-state index in [1.807, 2.05) is 43.4 Å². The summed E-state index contributed by atoms with van der Waals surface area (Å²) in [4.78, 5) is 0. The fourth-order valence-electron chi connectivity index (χ4n) is 2.16. The van der Waals surface area contributed by atoms with Crippen LogP contribution in [0.1, 0.15) is 6.92 Å². The van der Waals surface area contributed by atoms with Crippen molar-refractivity contribution >= 4 is 28.7 Å². The molecule has 0 unspecified atom stereocenters. The molecule has 3 aromatic rings. The van der Waals surface area contributed by atoms with Gasteiger partial charge in [0.05, 0.1) is 12.7 Å². The number of nitrogens with one attached hydrogen (secondary N) is 3. The van der Waals surface area contributed by atoms with Gasteiger partial charge in [0.25, 0.3) is 0 Å². The van der Waals surface area contributed by atoms with E-state index < -0.39 is 0 Å². The van der Waals surface area contributed by atoms with Crippen LogP contribution in [0.4, 0.5) is 28.7 Å². The predicted octanol–water partition coefficient (Wildman–Crippen LogP) is 3.83. The summed E-state index contributed by atoms with van der Waals surface area (Å²) in [5.74, 6) is 0.595. The number of azo groups is 1. The predicted molar refractivity (Wildman–Crippen MR) is 94.3 cm³/mol. The third-order valence-electron chi connectivity index (χ3n) is 3.41. The Morgan fingerprint density at radius 3 is 2.17 bits per heavy atom. The maximum Gasteiger partial charge on any atom is 0.401 e. The molecular weight excluding hydrogens is 302 g/mol. The van der Waals surface area contributed by atoms with Crippen LogP contribution in [0.3, 0.4) is 0 Å². The maximum absolute atomic E-state index is 4.19. The Balaban J connectivity index is 1.64. The lowest BCUT2D eigenvalue weighted by molar-refractivity contribution is -0.658. The first kappa shape index (κ1) is 15.7. The largest absolute Gasteiger partial charge is 0.401 e. The second kappa shape index (κ2) is 7.36. The molecule has 0 fully saturated rings. The van der Waals surface area contributed by atoms with E-state index in [9.17, 15) is 0 Å². The molecule has 2 aromatic carbocycles. The molecule has 7 heteroatoms. The molecule has 0 radical (unpaired) electrons. The molecule has 0 saturated heterocycles. The number of nitrogens with zero attached hydrogens (tertiary/aromatic N) is 4. The topological polar surface area (TPSA) is 81.3 Å². The molecule has 24 heavy (non-hydrogen) atoms. The highest BCUT2D eigenvalue weighted by Gasteiger charge is 2.05. The van der Waals surface area contributed by atoms with Gasteiger partial charge in [-0.1, -0.05) is 5.11 Å². The lowest BCUT2D eigenvalue weighted by Crippen LogP contribution is -2.24. The van der Waals surface area contributed by atoms with Gasteiger partial charge in [-0.2, -0.15) is 0 Å². The van der Waals surface area contributed by atoms with Gasteiger partial charge in [-0.05, 0) is 60.6 Å². The zero-order valence-corrected chi connectivity index (χ0v) is 13.7. The van der Waals surface area contributed by atoms with Crippen LogP contribution in [0, 0.1) is 0 Å². The summed E-state index contributed by atoms with van der Waals surface area (Å²) in [5, 5.41) is 21.6. The summed E-state index contributed by atoms with van der Waals surface area (Å²) in [6.45, 7) is 3.00. The zero-order chi connectivity index (χ0) is 16.8. The van der Waals surface area contributed by atoms with Gasteiger partial charge in [0.1, 0.15) is 0 Å². The average Bonchev–Trinajstić information content (AvgIpc) is 3.01. The van der Waals surface area contributed by atoms with Crippen molar-refractivity contribution in [2.24, 2.45) is 17.3 Å². The molecule has 0 saturated carbocycles. The van der Waals surface area contributed by atoms with Crippen molar-refractivity contribution in [3.05, 3.63) is 54.9 Å². The Bertz CT molecular complexity index is 804. The Morgan fingerprint density at radius 2 is 1.58 bits per heavy atom. The van der Waals surface area contributed by atoms with Crippen molar-refractivity contribution in [2.75, 3.05) is 17.2 Å². The summed E-state index contributed by atoms with van der Waals surface area (Å²) in [5.41, 5.74) is 3.93.